The summed E-state index contributed by atoms with van der Waals surface area (Å²) in [5.41, 5.74) is 0.624. The van der Waals surface area contributed by atoms with Crippen LogP contribution >= 0.6 is 11.3 Å². The Morgan fingerprint density at radius 2 is 2.09 bits per heavy atom. The fraction of sp³-hybridized carbons (Fsp3) is 0.353. The number of carbonyl (C=O) groups excluding carboxylic acids is 1. The summed E-state index contributed by atoms with van der Waals surface area (Å²) in [7, 11) is 0. The lowest BCUT2D eigenvalue weighted by molar-refractivity contribution is 0.172. The van der Waals surface area contributed by atoms with Crippen LogP contribution in [0, 0.1) is 6.92 Å². The molecule has 0 unspecified atom stereocenters. The van der Waals surface area contributed by atoms with Gasteiger partial charge in [-0.2, -0.15) is 0 Å². The maximum atomic E-state index is 12.2. The SMILES string of the molecule is Cc1ccc(C[C@@H](C)NC(=O)Nc2cccc3c2OCCO3)s1. The van der Waals surface area contributed by atoms with Gasteiger partial charge in [-0.15, -0.1) is 11.3 Å². The highest BCUT2D eigenvalue weighted by molar-refractivity contribution is 7.11. The second-order valence-electron chi connectivity index (χ2n) is 5.55. The van der Waals surface area contributed by atoms with Gasteiger partial charge in [0.2, 0.25) is 0 Å². The highest BCUT2D eigenvalue weighted by atomic mass is 32.1. The topological polar surface area (TPSA) is 59.6 Å². The van der Waals surface area contributed by atoms with Crippen LogP contribution in [0.4, 0.5) is 10.5 Å². The molecule has 0 fully saturated rings. The Morgan fingerprint density at radius 1 is 1.26 bits per heavy atom. The number of para-hydroxylation sites is 1. The molecule has 2 heterocycles. The molecule has 122 valence electrons. The number of nitrogens with one attached hydrogen (secondary N) is 2. The maximum Gasteiger partial charge on any atom is 0.319 e. The Labute approximate surface area is 139 Å². The van der Waals surface area contributed by atoms with Crippen LogP contribution in [0.5, 0.6) is 11.5 Å². The van der Waals surface area contributed by atoms with Gasteiger partial charge in [-0.3, -0.25) is 0 Å². The first kappa shape index (κ1) is 15.7. The van der Waals surface area contributed by atoms with Gasteiger partial charge in [0.1, 0.15) is 13.2 Å². The van der Waals surface area contributed by atoms with Crippen LogP contribution in [0.2, 0.25) is 0 Å². The first-order valence-electron chi connectivity index (χ1n) is 7.63. The van der Waals surface area contributed by atoms with E-state index in [1.807, 2.05) is 19.1 Å². The van der Waals surface area contributed by atoms with Gasteiger partial charge in [-0.25, -0.2) is 4.79 Å². The van der Waals surface area contributed by atoms with Crippen molar-refractivity contribution in [3.8, 4) is 11.5 Å². The van der Waals surface area contributed by atoms with Gasteiger partial charge in [0.15, 0.2) is 11.5 Å². The van der Waals surface area contributed by atoms with Crippen LogP contribution in [0.1, 0.15) is 16.7 Å². The monoisotopic (exact) mass is 332 g/mol. The molecule has 0 spiro atoms. The Kier molecular flexibility index (Phi) is 4.71. The van der Waals surface area contributed by atoms with Gasteiger partial charge in [0.25, 0.3) is 0 Å². The molecule has 1 atom stereocenters. The Balaban J connectivity index is 1.59. The molecule has 1 aromatic carbocycles. The van der Waals surface area contributed by atoms with Gasteiger partial charge in [-0.1, -0.05) is 6.07 Å². The minimum atomic E-state index is -0.242. The summed E-state index contributed by atoms with van der Waals surface area (Å²) in [6.07, 6.45) is 0.818. The number of hydrogen-bond acceptors (Lipinski definition) is 4. The lowest BCUT2D eigenvalue weighted by Crippen LogP contribution is -2.37. The third-order valence-electron chi connectivity index (χ3n) is 3.50. The van der Waals surface area contributed by atoms with Crippen LogP contribution in [-0.2, 0) is 6.42 Å². The molecule has 0 saturated carbocycles. The van der Waals surface area contributed by atoms with E-state index in [1.54, 1.807) is 17.4 Å². The number of aryl methyl sites for hydroxylation is 1. The average Bonchev–Trinajstić information content (AvgIpc) is 2.92. The molecule has 2 aromatic rings. The maximum absolute atomic E-state index is 12.2. The van der Waals surface area contributed by atoms with Crippen LogP contribution in [0.3, 0.4) is 0 Å². The summed E-state index contributed by atoms with van der Waals surface area (Å²) in [5.74, 6) is 1.26. The molecular weight excluding hydrogens is 312 g/mol. The summed E-state index contributed by atoms with van der Waals surface area (Å²) in [5, 5.41) is 5.79. The molecule has 6 heteroatoms. The zero-order chi connectivity index (χ0) is 16.2. The number of urea groups is 1. The van der Waals surface area contributed by atoms with Crippen LogP contribution in [0.25, 0.3) is 0 Å². The van der Waals surface area contributed by atoms with Crippen molar-refractivity contribution in [2.75, 3.05) is 18.5 Å². The smallest absolute Gasteiger partial charge is 0.319 e. The van der Waals surface area contributed by atoms with Crippen molar-refractivity contribution in [2.45, 2.75) is 26.3 Å². The number of rotatable bonds is 4. The number of anilines is 1. The fourth-order valence-electron chi connectivity index (χ4n) is 2.50. The first-order valence-corrected chi connectivity index (χ1v) is 8.45. The third kappa shape index (κ3) is 3.96. The summed E-state index contributed by atoms with van der Waals surface area (Å²) in [6.45, 7) is 5.09. The minimum absolute atomic E-state index is 0.0461. The third-order valence-corrected chi connectivity index (χ3v) is 4.52. The molecular formula is C17H20N2O3S. The first-order chi connectivity index (χ1) is 11.1. The molecule has 23 heavy (non-hydrogen) atoms. The number of amides is 2. The van der Waals surface area contributed by atoms with Crippen molar-refractivity contribution in [2.24, 2.45) is 0 Å². The summed E-state index contributed by atoms with van der Waals surface area (Å²) in [4.78, 5) is 14.7. The Bertz CT molecular complexity index is 699. The zero-order valence-corrected chi connectivity index (χ0v) is 14.0. The van der Waals surface area contributed by atoms with Crippen molar-refractivity contribution >= 4 is 23.1 Å². The molecule has 0 saturated heterocycles. The number of fused-ring (bicyclic) bond motifs is 1. The van der Waals surface area contributed by atoms with E-state index in [-0.39, 0.29) is 12.1 Å². The van der Waals surface area contributed by atoms with Crippen molar-refractivity contribution in [1.29, 1.82) is 0 Å². The minimum Gasteiger partial charge on any atom is -0.486 e. The van der Waals surface area contributed by atoms with E-state index in [1.165, 1.54) is 9.75 Å². The molecule has 0 bridgehead atoms. The lowest BCUT2D eigenvalue weighted by Gasteiger charge is -2.21. The van der Waals surface area contributed by atoms with Crippen LogP contribution < -0.4 is 20.1 Å². The van der Waals surface area contributed by atoms with E-state index in [9.17, 15) is 4.79 Å². The van der Waals surface area contributed by atoms with Gasteiger partial charge < -0.3 is 20.1 Å². The number of thiophene rings is 1. The molecule has 3 rings (SSSR count). The number of carbonyl (C=O) groups is 1. The van der Waals surface area contributed by atoms with Gasteiger partial charge >= 0.3 is 6.03 Å². The molecule has 2 N–H and O–H groups in total. The Morgan fingerprint density at radius 3 is 2.87 bits per heavy atom. The molecule has 0 aliphatic carbocycles. The highest BCUT2D eigenvalue weighted by Crippen LogP contribution is 2.37. The summed E-state index contributed by atoms with van der Waals surface area (Å²) < 4.78 is 11.1. The Hall–Kier alpha value is -2.21. The molecule has 1 aliphatic rings. The highest BCUT2D eigenvalue weighted by Gasteiger charge is 2.17. The van der Waals surface area contributed by atoms with Gasteiger partial charge in [0.05, 0.1) is 5.69 Å². The van der Waals surface area contributed by atoms with E-state index in [0.29, 0.717) is 30.4 Å². The van der Waals surface area contributed by atoms with E-state index < -0.39 is 0 Å². The second-order valence-corrected chi connectivity index (χ2v) is 6.92. The number of hydrogen-bond donors (Lipinski definition) is 2. The normalized spacial score (nSPS) is 14.2. The van der Waals surface area contributed by atoms with Crippen LogP contribution in [0.15, 0.2) is 30.3 Å². The van der Waals surface area contributed by atoms with Crippen molar-refractivity contribution < 1.29 is 14.3 Å². The number of ether oxygens (including phenoxy) is 2. The molecule has 1 aromatic heterocycles. The number of benzene rings is 1. The lowest BCUT2D eigenvalue weighted by atomic mass is 10.2. The van der Waals surface area contributed by atoms with E-state index >= 15 is 0 Å². The van der Waals surface area contributed by atoms with E-state index in [0.717, 1.165) is 6.42 Å². The predicted molar refractivity (Wildman–Crippen MR) is 91.8 cm³/mol. The molecule has 5 nitrogen and oxygen atoms in total. The largest absolute Gasteiger partial charge is 0.486 e. The van der Waals surface area contributed by atoms with E-state index in [2.05, 4.69) is 29.7 Å². The molecule has 2 amide bonds. The summed E-state index contributed by atoms with van der Waals surface area (Å²) >= 11 is 1.76. The van der Waals surface area contributed by atoms with Crippen molar-refractivity contribution in [3.05, 3.63) is 40.1 Å². The van der Waals surface area contributed by atoms with Gasteiger partial charge in [0, 0.05) is 22.2 Å². The molecule has 1 aliphatic heterocycles. The quantitative estimate of drug-likeness (QED) is 0.900. The van der Waals surface area contributed by atoms with Crippen molar-refractivity contribution in [1.82, 2.24) is 5.32 Å². The van der Waals surface area contributed by atoms with Gasteiger partial charge in [-0.05, 0) is 38.1 Å². The van der Waals surface area contributed by atoms with Crippen molar-refractivity contribution in [3.63, 3.8) is 0 Å². The molecule has 0 radical (unpaired) electrons. The zero-order valence-electron chi connectivity index (χ0n) is 13.2. The standard InChI is InChI=1S/C17H20N2O3S/c1-11(10-13-7-6-12(2)23-13)18-17(20)19-14-4-3-5-15-16(14)22-9-8-21-15/h3-7,11H,8-10H2,1-2H3,(H2,18,19,20)/t11-/m1/s1. The second kappa shape index (κ2) is 6.91. The predicted octanol–water partition coefficient (Wildman–Crippen LogP) is 3.58. The average molecular weight is 332 g/mol. The van der Waals surface area contributed by atoms with E-state index in [4.69, 9.17) is 9.47 Å². The fourth-order valence-corrected chi connectivity index (χ4v) is 3.52. The van der Waals surface area contributed by atoms with Crippen LogP contribution in [-0.4, -0.2) is 25.3 Å². The summed E-state index contributed by atoms with van der Waals surface area (Å²) in [6, 6.07) is 9.48.